The molecule has 2 aromatic rings. The van der Waals surface area contributed by atoms with Gasteiger partial charge in [-0.1, -0.05) is 35.3 Å². The highest BCUT2D eigenvalue weighted by Gasteiger charge is 2.26. The number of halogens is 2. The molecule has 0 fully saturated rings. The van der Waals surface area contributed by atoms with Crippen LogP contribution >= 0.6 is 23.2 Å². The minimum absolute atomic E-state index is 0.125. The number of hydrogen-bond donors (Lipinski definition) is 0. The quantitative estimate of drug-likeness (QED) is 0.586. The molecule has 0 saturated heterocycles. The second kappa shape index (κ2) is 7.17. The van der Waals surface area contributed by atoms with Crippen LogP contribution in [0.4, 0.5) is 0 Å². The summed E-state index contributed by atoms with van der Waals surface area (Å²) >= 11 is 12.0. The summed E-state index contributed by atoms with van der Waals surface area (Å²) in [6.45, 7) is 0. The Kier molecular flexibility index (Phi) is 4.97. The first kappa shape index (κ1) is 17.3. The Balaban J connectivity index is 2.02. The molecule has 1 heterocycles. The van der Waals surface area contributed by atoms with Gasteiger partial charge in [0.15, 0.2) is 17.2 Å². The van der Waals surface area contributed by atoms with E-state index in [9.17, 15) is 4.79 Å². The van der Waals surface area contributed by atoms with Gasteiger partial charge < -0.3 is 14.2 Å². The van der Waals surface area contributed by atoms with Crippen molar-refractivity contribution in [3.63, 3.8) is 0 Å². The SMILES string of the molecule is COc1cccc(/C=C2/N=C(c3ccc(Cl)cc3Cl)OC2=O)c1OC. The summed E-state index contributed by atoms with van der Waals surface area (Å²) in [6, 6.07) is 10.2. The molecular weight excluding hydrogens is 365 g/mol. The Labute approximate surface area is 154 Å². The van der Waals surface area contributed by atoms with E-state index in [1.807, 2.05) is 0 Å². The first-order valence-electron chi connectivity index (χ1n) is 7.22. The maximum Gasteiger partial charge on any atom is 0.363 e. The van der Waals surface area contributed by atoms with Gasteiger partial charge in [0.2, 0.25) is 5.90 Å². The van der Waals surface area contributed by atoms with E-state index in [0.717, 1.165) is 0 Å². The van der Waals surface area contributed by atoms with Crippen LogP contribution in [0.3, 0.4) is 0 Å². The third kappa shape index (κ3) is 3.48. The van der Waals surface area contributed by atoms with Crippen molar-refractivity contribution in [3.8, 4) is 11.5 Å². The molecule has 0 spiro atoms. The van der Waals surface area contributed by atoms with Gasteiger partial charge in [-0.2, -0.15) is 0 Å². The van der Waals surface area contributed by atoms with Crippen LogP contribution < -0.4 is 9.47 Å². The Morgan fingerprint density at radius 1 is 1.12 bits per heavy atom. The fourth-order valence-electron chi connectivity index (χ4n) is 2.36. The normalized spacial score (nSPS) is 15.1. The lowest BCUT2D eigenvalue weighted by Gasteiger charge is -2.09. The summed E-state index contributed by atoms with van der Waals surface area (Å²) in [5.74, 6) is 0.595. The first-order chi connectivity index (χ1) is 12.0. The highest BCUT2D eigenvalue weighted by Crippen LogP contribution is 2.33. The van der Waals surface area contributed by atoms with E-state index in [-0.39, 0.29) is 11.6 Å². The van der Waals surface area contributed by atoms with Crippen molar-refractivity contribution in [2.45, 2.75) is 0 Å². The lowest BCUT2D eigenvalue weighted by Crippen LogP contribution is -2.06. The average molecular weight is 378 g/mol. The van der Waals surface area contributed by atoms with Crippen molar-refractivity contribution in [1.29, 1.82) is 0 Å². The second-order valence-electron chi connectivity index (χ2n) is 5.04. The molecule has 0 N–H and O–H groups in total. The number of cyclic esters (lactones) is 1. The summed E-state index contributed by atoms with van der Waals surface area (Å²) in [6.07, 6.45) is 1.57. The van der Waals surface area contributed by atoms with Crippen LogP contribution in [0.5, 0.6) is 11.5 Å². The predicted molar refractivity (Wildman–Crippen MR) is 96.6 cm³/mol. The van der Waals surface area contributed by atoms with Crippen molar-refractivity contribution >= 4 is 41.1 Å². The van der Waals surface area contributed by atoms with E-state index < -0.39 is 5.97 Å². The van der Waals surface area contributed by atoms with E-state index in [2.05, 4.69) is 4.99 Å². The number of carbonyl (C=O) groups is 1. The average Bonchev–Trinajstić information content (AvgIpc) is 2.95. The van der Waals surface area contributed by atoms with Crippen molar-refractivity contribution in [2.24, 2.45) is 4.99 Å². The van der Waals surface area contributed by atoms with Crippen molar-refractivity contribution in [2.75, 3.05) is 14.2 Å². The van der Waals surface area contributed by atoms with Crippen LogP contribution in [0.15, 0.2) is 47.1 Å². The molecule has 5 nitrogen and oxygen atoms in total. The maximum atomic E-state index is 12.1. The Morgan fingerprint density at radius 2 is 1.92 bits per heavy atom. The van der Waals surface area contributed by atoms with Gasteiger partial charge in [-0.25, -0.2) is 9.79 Å². The number of nitrogens with zero attached hydrogens (tertiary/aromatic N) is 1. The number of methoxy groups -OCH3 is 2. The highest BCUT2D eigenvalue weighted by atomic mass is 35.5. The Morgan fingerprint density at radius 3 is 2.60 bits per heavy atom. The molecule has 7 heteroatoms. The van der Waals surface area contributed by atoms with Crippen LogP contribution in [-0.4, -0.2) is 26.1 Å². The molecule has 2 aromatic carbocycles. The van der Waals surface area contributed by atoms with E-state index in [1.165, 1.54) is 14.2 Å². The smallest absolute Gasteiger partial charge is 0.363 e. The number of para-hydroxylation sites is 1. The standard InChI is InChI=1S/C18H13Cl2NO4/c1-23-15-5-3-4-10(16(15)24-2)8-14-18(22)25-17(21-14)12-7-6-11(19)9-13(12)20/h3-9H,1-2H3/b14-8+. The van der Waals surface area contributed by atoms with Crippen LogP contribution in [0.25, 0.3) is 6.08 Å². The first-order valence-corrected chi connectivity index (χ1v) is 7.98. The monoisotopic (exact) mass is 377 g/mol. The topological polar surface area (TPSA) is 57.1 Å². The third-order valence-electron chi connectivity index (χ3n) is 3.51. The van der Waals surface area contributed by atoms with Crippen molar-refractivity contribution in [3.05, 3.63) is 63.3 Å². The lowest BCUT2D eigenvalue weighted by atomic mass is 10.1. The van der Waals surface area contributed by atoms with Gasteiger partial charge in [-0.05, 0) is 30.3 Å². The minimum Gasteiger partial charge on any atom is -0.493 e. The lowest BCUT2D eigenvalue weighted by molar-refractivity contribution is -0.129. The molecule has 0 amide bonds. The van der Waals surface area contributed by atoms with Crippen LogP contribution in [0.2, 0.25) is 10.0 Å². The van der Waals surface area contributed by atoms with Crippen LogP contribution in [0.1, 0.15) is 11.1 Å². The third-order valence-corrected chi connectivity index (χ3v) is 4.06. The van der Waals surface area contributed by atoms with Gasteiger partial charge in [0.1, 0.15) is 0 Å². The molecule has 1 aliphatic heterocycles. The number of ether oxygens (including phenoxy) is 3. The zero-order chi connectivity index (χ0) is 18.0. The largest absolute Gasteiger partial charge is 0.493 e. The molecule has 0 bridgehead atoms. The Bertz CT molecular complexity index is 906. The van der Waals surface area contributed by atoms with Gasteiger partial charge in [0, 0.05) is 10.6 Å². The zero-order valence-corrected chi connectivity index (χ0v) is 14.9. The molecule has 1 aliphatic rings. The maximum absolute atomic E-state index is 12.1. The van der Waals surface area contributed by atoms with Gasteiger partial charge >= 0.3 is 5.97 Å². The number of hydrogen-bond acceptors (Lipinski definition) is 5. The van der Waals surface area contributed by atoms with Gasteiger partial charge in [-0.15, -0.1) is 0 Å². The van der Waals surface area contributed by atoms with E-state index in [4.69, 9.17) is 37.4 Å². The molecule has 0 aromatic heterocycles. The van der Waals surface area contributed by atoms with Crippen LogP contribution in [-0.2, 0) is 9.53 Å². The highest BCUT2D eigenvalue weighted by molar-refractivity contribution is 6.37. The van der Waals surface area contributed by atoms with E-state index >= 15 is 0 Å². The molecule has 0 aliphatic carbocycles. The van der Waals surface area contributed by atoms with E-state index in [1.54, 1.807) is 42.5 Å². The molecular formula is C18H13Cl2NO4. The number of aliphatic imine (C=N–C) groups is 1. The van der Waals surface area contributed by atoms with Gasteiger partial charge in [-0.3, -0.25) is 0 Å². The molecule has 25 heavy (non-hydrogen) atoms. The number of carbonyl (C=O) groups excluding carboxylic acids is 1. The molecule has 0 atom stereocenters. The molecule has 3 rings (SSSR count). The molecule has 0 radical (unpaired) electrons. The van der Waals surface area contributed by atoms with Crippen molar-refractivity contribution in [1.82, 2.24) is 0 Å². The number of benzene rings is 2. The fourth-order valence-corrected chi connectivity index (χ4v) is 2.85. The fraction of sp³-hybridized carbons (Fsp3) is 0.111. The summed E-state index contributed by atoms with van der Waals surface area (Å²) < 4.78 is 15.8. The summed E-state index contributed by atoms with van der Waals surface area (Å²) in [5.41, 5.74) is 1.26. The zero-order valence-electron chi connectivity index (χ0n) is 13.4. The van der Waals surface area contributed by atoms with Gasteiger partial charge in [0.25, 0.3) is 0 Å². The number of esters is 1. The molecule has 128 valence electrons. The van der Waals surface area contributed by atoms with E-state index in [0.29, 0.717) is 32.7 Å². The van der Waals surface area contributed by atoms with Crippen molar-refractivity contribution < 1.29 is 19.0 Å². The summed E-state index contributed by atoms with van der Waals surface area (Å²) in [4.78, 5) is 16.4. The summed E-state index contributed by atoms with van der Waals surface area (Å²) in [7, 11) is 3.06. The molecule has 0 saturated carbocycles. The summed E-state index contributed by atoms with van der Waals surface area (Å²) in [5, 5.41) is 0.829. The predicted octanol–water partition coefficient (Wildman–Crippen LogP) is 4.36. The molecule has 0 unspecified atom stereocenters. The van der Waals surface area contributed by atoms with Crippen LogP contribution in [0, 0.1) is 0 Å². The minimum atomic E-state index is -0.578. The second-order valence-corrected chi connectivity index (χ2v) is 5.89. The number of rotatable bonds is 4. The Hall–Kier alpha value is -2.50. The van der Waals surface area contributed by atoms with Gasteiger partial charge in [0.05, 0.1) is 24.8 Å².